The number of aliphatic hydroxyl groups excluding tert-OH is 1. The van der Waals surface area contributed by atoms with Gasteiger partial charge in [-0.1, -0.05) is 6.42 Å². The predicted molar refractivity (Wildman–Crippen MR) is 64.8 cm³/mol. The Bertz CT molecular complexity index is 241. The lowest BCUT2D eigenvalue weighted by molar-refractivity contribution is 0.149. The Morgan fingerprint density at radius 2 is 2.12 bits per heavy atom. The predicted octanol–water partition coefficient (Wildman–Crippen LogP) is 2.07. The first kappa shape index (κ1) is 13.5. The van der Waals surface area contributed by atoms with E-state index in [2.05, 4.69) is 11.4 Å². The molecule has 0 radical (unpaired) electrons. The van der Waals surface area contributed by atoms with Gasteiger partial charge in [0.2, 0.25) is 0 Å². The van der Waals surface area contributed by atoms with Crippen molar-refractivity contribution in [1.29, 1.82) is 5.26 Å². The highest BCUT2D eigenvalue weighted by Gasteiger charge is 2.28. The molecule has 0 aromatic rings. The van der Waals surface area contributed by atoms with Gasteiger partial charge >= 0.3 is 0 Å². The Hall–Kier alpha value is -0.590. The van der Waals surface area contributed by atoms with E-state index in [1.807, 2.05) is 13.8 Å². The van der Waals surface area contributed by atoms with Gasteiger partial charge in [0.05, 0.1) is 17.6 Å². The summed E-state index contributed by atoms with van der Waals surface area (Å²) < 4.78 is 0. The first-order valence-corrected chi connectivity index (χ1v) is 6.35. The third-order valence-electron chi connectivity index (χ3n) is 3.23. The molecule has 2 N–H and O–H groups in total. The van der Waals surface area contributed by atoms with Crippen LogP contribution in [-0.2, 0) is 0 Å². The lowest BCUT2D eigenvalue weighted by Gasteiger charge is -2.15. The maximum atomic E-state index is 9.61. The van der Waals surface area contributed by atoms with Crippen molar-refractivity contribution in [3.05, 3.63) is 0 Å². The van der Waals surface area contributed by atoms with Gasteiger partial charge in [0.15, 0.2) is 0 Å². The van der Waals surface area contributed by atoms with Gasteiger partial charge < -0.3 is 10.4 Å². The van der Waals surface area contributed by atoms with Gasteiger partial charge in [-0.05, 0) is 52.0 Å². The zero-order chi connectivity index (χ0) is 12.0. The number of rotatable bonds is 8. The summed E-state index contributed by atoms with van der Waals surface area (Å²) in [5.74, 6) is 0.560. The van der Waals surface area contributed by atoms with Crippen LogP contribution in [0.5, 0.6) is 0 Å². The molecule has 0 amide bonds. The molecule has 0 aromatic heterocycles. The first-order valence-electron chi connectivity index (χ1n) is 6.35. The van der Waals surface area contributed by atoms with E-state index < -0.39 is 0 Å². The number of hydrogen-bond acceptors (Lipinski definition) is 3. The molecular formula is C13H24N2O. The summed E-state index contributed by atoms with van der Waals surface area (Å²) in [7, 11) is 0. The molecule has 0 spiro atoms. The largest absolute Gasteiger partial charge is 0.392 e. The molecule has 1 fully saturated rings. The molecule has 3 nitrogen and oxygen atoms in total. The second-order valence-electron chi connectivity index (χ2n) is 5.56. The number of nitriles is 1. The van der Waals surface area contributed by atoms with Crippen LogP contribution in [0.2, 0.25) is 0 Å². The molecule has 0 aliphatic heterocycles. The maximum Gasteiger partial charge on any atom is 0.0692 e. The molecule has 0 bridgehead atoms. The zero-order valence-electron chi connectivity index (χ0n) is 10.5. The molecule has 1 unspecified atom stereocenters. The van der Waals surface area contributed by atoms with Gasteiger partial charge in [0, 0.05) is 6.54 Å². The maximum absolute atomic E-state index is 9.61. The second-order valence-corrected chi connectivity index (χ2v) is 5.56. The molecule has 0 aromatic carbocycles. The highest BCUT2D eigenvalue weighted by Crippen LogP contribution is 2.32. The highest BCUT2D eigenvalue weighted by molar-refractivity contribution is 4.91. The molecule has 3 heteroatoms. The minimum atomic E-state index is -0.187. The lowest BCUT2D eigenvalue weighted by atomic mass is 9.89. The van der Waals surface area contributed by atoms with Crippen LogP contribution in [0.25, 0.3) is 0 Å². The molecule has 1 aliphatic rings. The van der Waals surface area contributed by atoms with Gasteiger partial charge in [-0.25, -0.2) is 0 Å². The van der Waals surface area contributed by atoms with E-state index in [9.17, 15) is 5.11 Å². The van der Waals surface area contributed by atoms with E-state index in [0.29, 0.717) is 5.92 Å². The Morgan fingerprint density at radius 1 is 1.44 bits per heavy atom. The average Bonchev–Trinajstić information content (AvgIpc) is 3.06. The topological polar surface area (TPSA) is 56.0 Å². The number of unbranched alkanes of at least 4 members (excludes halogenated alkanes) is 1. The monoisotopic (exact) mass is 224 g/mol. The van der Waals surface area contributed by atoms with Crippen molar-refractivity contribution >= 4 is 0 Å². The summed E-state index contributed by atoms with van der Waals surface area (Å²) in [6.45, 7) is 5.64. The summed E-state index contributed by atoms with van der Waals surface area (Å²) in [5, 5.41) is 21.7. The van der Waals surface area contributed by atoms with Crippen LogP contribution in [0.15, 0.2) is 0 Å². The fourth-order valence-corrected chi connectivity index (χ4v) is 1.77. The fraction of sp³-hybridized carbons (Fsp3) is 0.923. The van der Waals surface area contributed by atoms with Crippen molar-refractivity contribution in [3.8, 4) is 6.07 Å². The quantitative estimate of drug-likeness (QED) is 0.621. The summed E-state index contributed by atoms with van der Waals surface area (Å²) in [6, 6.07) is 2.31. The number of aliphatic hydroxyl groups is 1. The van der Waals surface area contributed by atoms with Gasteiger partial charge in [-0.2, -0.15) is 5.26 Å². The van der Waals surface area contributed by atoms with Gasteiger partial charge in [-0.3, -0.25) is 0 Å². The van der Waals surface area contributed by atoms with E-state index in [1.165, 1.54) is 12.8 Å². The van der Waals surface area contributed by atoms with E-state index >= 15 is 0 Å². The van der Waals surface area contributed by atoms with Crippen LogP contribution in [-0.4, -0.2) is 24.3 Å². The Morgan fingerprint density at radius 3 is 2.69 bits per heavy atom. The van der Waals surface area contributed by atoms with Crippen LogP contribution >= 0.6 is 0 Å². The average molecular weight is 224 g/mol. The van der Waals surface area contributed by atoms with Crippen molar-refractivity contribution in [2.75, 3.05) is 13.1 Å². The van der Waals surface area contributed by atoms with Crippen LogP contribution in [0, 0.1) is 22.7 Å². The fourth-order valence-electron chi connectivity index (χ4n) is 1.77. The van der Waals surface area contributed by atoms with Crippen LogP contribution in [0.1, 0.15) is 46.0 Å². The molecular weight excluding hydrogens is 200 g/mol. The van der Waals surface area contributed by atoms with Gasteiger partial charge in [0.1, 0.15) is 0 Å². The summed E-state index contributed by atoms with van der Waals surface area (Å²) in [5.41, 5.74) is -0.187. The van der Waals surface area contributed by atoms with Crippen molar-refractivity contribution < 1.29 is 5.11 Å². The molecule has 1 saturated carbocycles. The van der Waals surface area contributed by atoms with Crippen LogP contribution < -0.4 is 5.32 Å². The summed E-state index contributed by atoms with van der Waals surface area (Å²) >= 11 is 0. The molecule has 92 valence electrons. The standard InChI is InChI=1S/C13H24N2O/c1-13(2,10-14)7-3-4-8-15-9-12(16)11-5-6-11/h11-12,15-16H,3-9H2,1-2H3. The molecule has 1 aliphatic carbocycles. The van der Waals surface area contributed by atoms with E-state index in [1.54, 1.807) is 0 Å². The smallest absolute Gasteiger partial charge is 0.0692 e. The third-order valence-corrected chi connectivity index (χ3v) is 3.23. The van der Waals surface area contributed by atoms with Crippen molar-refractivity contribution in [1.82, 2.24) is 5.32 Å². The molecule has 1 atom stereocenters. The van der Waals surface area contributed by atoms with Gasteiger partial charge in [-0.15, -0.1) is 0 Å². The van der Waals surface area contributed by atoms with E-state index in [4.69, 9.17) is 5.26 Å². The highest BCUT2D eigenvalue weighted by atomic mass is 16.3. The number of hydrogen-bond donors (Lipinski definition) is 2. The molecule has 0 saturated heterocycles. The zero-order valence-corrected chi connectivity index (χ0v) is 10.5. The normalized spacial score (nSPS) is 18.1. The van der Waals surface area contributed by atoms with Crippen LogP contribution in [0.3, 0.4) is 0 Å². The first-order chi connectivity index (χ1) is 7.55. The summed E-state index contributed by atoms with van der Waals surface area (Å²) in [6.07, 6.45) is 5.36. The Balaban J connectivity index is 1.90. The third kappa shape index (κ3) is 5.48. The van der Waals surface area contributed by atoms with Crippen molar-refractivity contribution in [2.45, 2.75) is 52.1 Å². The van der Waals surface area contributed by atoms with E-state index in [-0.39, 0.29) is 11.5 Å². The number of nitrogens with one attached hydrogen (secondary N) is 1. The van der Waals surface area contributed by atoms with Gasteiger partial charge in [0.25, 0.3) is 0 Å². The molecule has 0 heterocycles. The van der Waals surface area contributed by atoms with Crippen molar-refractivity contribution in [2.24, 2.45) is 11.3 Å². The molecule has 1 rings (SSSR count). The second kappa shape index (κ2) is 6.22. The number of nitrogens with zero attached hydrogens (tertiary/aromatic N) is 1. The Kier molecular flexibility index (Phi) is 5.24. The Labute approximate surface area is 98.8 Å². The molecule has 16 heavy (non-hydrogen) atoms. The van der Waals surface area contributed by atoms with E-state index in [0.717, 1.165) is 32.4 Å². The summed E-state index contributed by atoms with van der Waals surface area (Å²) in [4.78, 5) is 0. The lowest BCUT2D eigenvalue weighted by Crippen LogP contribution is -2.29. The minimum absolute atomic E-state index is 0.143. The van der Waals surface area contributed by atoms with Crippen LogP contribution in [0.4, 0.5) is 0 Å². The van der Waals surface area contributed by atoms with Crippen molar-refractivity contribution in [3.63, 3.8) is 0 Å². The minimum Gasteiger partial charge on any atom is -0.392 e. The SMILES string of the molecule is CC(C)(C#N)CCCCNCC(O)C1CC1.